The predicted molar refractivity (Wildman–Crippen MR) is 95.2 cm³/mol. The van der Waals surface area contributed by atoms with Gasteiger partial charge >= 0.3 is 0 Å². The first-order valence-corrected chi connectivity index (χ1v) is 8.18. The molecule has 6 heteroatoms. The van der Waals surface area contributed by atoms with Crippen LogP contribution in [-0.2, 0) is 24.3 Å². The molecule has 1 N–H and O–H groups in total. The Labute approximate surface area is 145 Å². The molecule has 6 nitrogen and oxygen atoms in total. The Balaban J connectivity index is 1.51. The highest BCUT2D eigenvalue weighted by Gasteiger charge is 2.06. The number of hydrogen-bond donors (Lipinski definition) is 1. The molecule has 0 fully saturated rings. The van der Waals surface area contributed by atoms with Crippen molar-refractivity contribution >= 4 is 5.91 Å². The molecule has 0 radical (unpaired) electrons. The minimum Gasteiger partial charge on any atom is -0.354 e. The molecule has 0 saturated heterocycles. The van der Waals surface area contributed by atoms with Crippen molar-refractivity contribution in [3.8, 4) is 0 Å². The Morgan fingerprint density at radius 1 is 1.00 bits per heavy atom. The molecule has 1 amide bonds. The van der Waals surface area contributed by atoms with Gasteiger partial charge in [0, 0.05) is 44.2 Å². The van der Waals surface area contributed by atoms with Crippen LogP contribution in [0, 0.1) is 0 Å². The average Bonchev–Trinajstić information content (AvgIpc) is 3.05. The number of aromatic nitrogens is 3. The topological polar surface area (TPSA) is 68.9 Å². The molecular weight excluding hydrogens is 316 g/mol. The van der Waals surface area contributed by atoms with Crippen LogP contribution in [0.15, 0.2) is 71.9 Å². The molecule has 0 spiro atoms. The fourth-order valence-electron chi connectivity index (χ4n) is 2.61. The van der Waals surface area contributed by atoms with Crippen molar-refractivity contribution in [2.24, 2.45) is 0 Å². The SMILES string of the molecule is O=C(Cn1ccccc1=O)NCCc1nccn1Cc1ccccc1. The van der Waals surface area contributed by atoms with Gasteiger partial charge in [-0.15, -0.1) is 0 Å². The summed E-state index contributed by atoms with van der Waals surface area (Å²) in [5, 5.41) is 2.84. The highest BCUT2D eigenvalue weighted by molar-refractivity contribution is 5.75. The smallest absolute Gasteiger partial charge is 0.250 e. The number of hydrogen-bond acceptors (Lipinski definition) is 3. The lowest BCUT2D eigenvalue weighted by atomic mass is 10.2. The average molecular weight is 336 g/mol. The monoisotopic (exact) mass is 336 g/mol. The van der Waals surface area contributed by atoms with Crippen molar-refractivity contribution in [3.05, 3.63) is 88.9 Å². The van der Waals surface area contributed by atoms with Crippen LogP contribution in [0.1, 0.15) is 11.4 Å². The zero-order valence-corrected chi connectivity index (χ0v) is 13.8. The fraction of sp³-hybridized carbons (Fsp3) is 0.211. The highest BCUT2D eigenvalue weighted by Crippen LogP contribution is 2.05. The highest BCUT2D eigenvalue weighted by atomic mass is 16.2. The van der Waals surface area contributed by atoms with Crippen LogP contribution in [0.5, 0.6) is 0 Å². The number of benzene rings is 1. The van der Waals surface area contributed by atoms with Gasteiger partial charge in [-0.25, -0.2) is 4.98 Å². The quantitative estimate of drug-likeness (QED) is 0.710. The predicted octanol–water partition coefficient (Wildman–Crippen LogP) is 1.45. The van der Waals surface area contributed by atoms with E-state index in [1.807, 2.05) is 24.4 Å². The Morgan fingerprint density at radius 2 is 1.80 bits per heavy atom. The zero-order chi connectivity index (χ0) is 17.5. The maximum absolute atomic E-state index is 12.0. The van der Waals surface area contributed by atoms with E-state index in [1.54, 1.807) is 24.5 Å². The van der Waals surface area contributed by atoms with Crippen LogP contribution in [0.2, 0.25) is 0 Å². The lowest BCUT2D eigenvalue weighted by Gasteiger charge is -2.09. The summed E-state index contributed by atoms with van der Waals surface area (Å²) in [4.78, 5) is 27.9. The molecule has 0 atom stereocenters. The van der Waals surface area contributed by atoms with Crippen molar-refractivity contribution in [3.63, 3.8) is 0 Å². The standard InChI is InChI=1S/C19H20N4O2/c24-18(15-23-12-5-4-8-19(23)25)21-10-9-17-20-11-13-22(17)14-16-6-2-1-3-7-16/h1-8,11-13H,9-10,14-15H2,(H,21,24). The van der Waals surface area contributed by atoms with Crippen LogP contribution in [0.25, 0.3) is 0 Å². The molecule has 0 unspecified atom stereocenters. The molecule has 3 rings (SSSR count). The summed E-state index contributed by atoms with van der Waals surface area (Å²) >= 11 is 0. The molecular formula is C19H20N4O2. The van der Waals surface area contributed by atoms with Crippen molar-refractivity contribution in [1.82, 2.24) is 19.4 Å². The van der Waals surface area contributed by atoms with Gasteiger partial charge in [-0.1, -0.05) is 36.4 Å². The molecule has 3 aromatic rings. The number of amides is 1. The number of pyridine rings is 1. The van der Waals surface area contributed by atoms with Gasteiger partial charge in [0.15, 0.2) is 0 Å². The Kier molecular flexibility index (Phi) is 5.41. The Bertz CT molecular complexity index is 883. The molecule has 0 saturated carbocycles. The molecule has 2 heterocycles. The van der Waals surface area contributed by atoms with Gasteiger partial charge in [-0.2, -0.15) is 0 Å². The van der Waals surface area contributed by atoms with E-state index in [2.05, 4.69) is 27.0 Å². The minimum atomic E-state index is -0.186. The molecule has 2 aromatic heterocycles. The van der Waals surface area contributed by atoms with Crippen LogP contribution in [0.4, 0.5) is 0 Å². The number of rotatable bonds is 7. The molecule has 0 aliphatic heterocycles. The van der Waals surface area contributed by atoms with Gasteiger partial charge in [0.25, 0.3) is 5.56 Å². The van der Waals surface area contributed by atoms with Gasteiger partial charge in [-0.3, -0.25) is 9.59 Å². The van der Waals surface area contributed by atoms with E-state index >= 15 is 0 Å². The number of imidazole rings is 1. The molecule has 25 heavy (non-hydrogen) atoms. The molecule has 128 valence electrons. The maximum Gasteiger partial charge on any atom is 0.250 e. The summed E-state index contributed by atoms with van der Waals surface area (Å²) in [5.74, 6) is 0.732. The first-order chi connectivity index (χ1) is 12.2. The van der Waals surface area contributed by atoms with Crippen LogP contribution >= 0.6 is 0 Å². The van der Waals surface area contributed by atoms with Crippen LogP contribution in [-0.4, -0.2) is 26.6 Å². The number of nitrogens with one attached hydrogen (secondary N) is 1. The van der Waals surface area contributed by atoms with E-state index in [9.17, 15) is 9.59 Å². The fourth-order valence-corrected chi connectivity index (χ4v) is 2.61. The number of carbonyl (C=O) groups is 1. The van der Waals surface area contributed by atoms with Gasteiger partial charge in [0.2, 0.25) is 5.91 Å². The molecule has 0 aliphatic rings. The van der Waals surface area contributed by atoms with E-state index in [-0.39, 0.29) is 18.0 Å². The van der Waals surface area contributed by atoms with E-state index < -0.39 is 0 Å². The Hall–Kier alpha value is -3.15. The lowest BCUT2D eigenvalue weighted by molar-refractivity contribution is -0.121. The first kappa shape index (κ1) is 16.7. The third-order valence-corrected chi connectivity index (χ3v) is 3.88. The van der Waals surface area contributed by atoms with Crippen molar-refractivity contribution in [2.45, 2.75) is 19.5 Å². The van der Waals surface area contributed by atoms with Gasteiger partial charge in [0.1, 0.15) is 12.4 Å². The van der Waals surface area contributed by atoms with E-state index in [4.69, 9.17) is 0 Å². The lowest BCUT2D eigenvalue weighted by Crippen LogP contribution is -2.33. The van der Waals surface area contributed by atoms with Crippen molar-refractivity contribution < 1.29 is 4.79 Å². The van der Waals surface area contributed by atoms with Gasteiger partial charge in [0.05, 0.1) is 0 Å². The summed E-state index contributed by atoms with van der Waals surface area (Å²) < 4.78 is 3.45. The van der Waals surface area contributed by atoms with Crippen molar-refractivity contribution in [1.29, 1.82) is 0 Å². The summed E-state index contributed by atoms with van der Waals surface area (Å²) in [6.07, 6.45) is 5.95. The van der Waals surface area contributed by atoms with E-state index in [1.165, 1.54) is 16.2 Å². The van der Waals surface area contributed by atoms with Gasteiger partial charge < -0.3 is 14.5 Å². The summed E-state index contributed by atoms with van der Waals surface area (Å²) in [6.45, 7) is 1.26. The minimum absolute atomic E-state index is 0.0259. The first-order valence-electron chi connectivity index (χ1n) is 8.18. The van der Waals surface area contributed by atoms with Crippen LogP contribution in [0.3, 0.4) is 0 Å². The number of carbonyl (C=O) groups excluding carboxylic acids is 1. The Morgan fingerprint density at radius 3 is 2.60 bits per heavy atom. The molecule has 0 aliphatic carbocycles. The zero-order valence-electron chi connectivity index (χ0n) is 13.8. The largest absolute Gasteiger partial charge is 0.354 e. The van der Waals surface area contributed by atoms with E-state index in [0.29, 0.717) is 13.0 Å². The molecule has 1 aromatic carbocycles. The van der Waals surface area contributed by atoms with Crippen LogP contribution < -0.4 is 10.9 Å². The normalized spacial score (nSPS) is 10.6. The maximum atomic E-state index is 12.0. The van der Waals surface area contributed by atoms with Gasteiger partial charge in [-0.05, 0) is 11.6 Å². The third kappa shape index (κ3) is 4.67. The second-order valence-corrected chi connectivity index (χ2v) is 5.72. The van der Waals surface area contributed by atoms with E-state index in [0.717, 1.165) is 12.4 Å². The summed E-state index contributed by atoms with van der Waals surface area (Å²) in [5.41, 5.74) is 1.02. The second-order valence-electron chi connectivity index (χ2n) is 5.72. The number of nitrogens with zero attached hydrogens (tertiary/aromatic N) is 3. The third-order valence-electron chi connectivity index (χ3n) is 3.88. The molecule has 0 bridgehead atoms. The second kappa shape index (κ2) is 8.10. The van der Waals surface area contributed by atoms with Crippen molar-refractivity contribution in [2.75, 3.05) is 6.54 Å². The summed E-state index contributed by atoms with van der Waals surface area (Å²) in [7, 11) is 0. The summed E-state index contributed by atoms with van der Waals surface area (Å²) in [6, 6.07) is 15.0.